The second-order valence-corrected chi connectivity index (χ2v) is 9.44. The van der Waals surface area contributed by atoms with Gasteiger partial charge in [0.05, 0.1) is 12.2 Å². The molecule has 2 atom stereocenters. The van der Waals surface area contributed by atoms with Crippen LogP contribution in [0.3, 0.4) is 0 Å². The Morgan fingerprint density at radius 2 is 2.06 bits per heavy atom. The van der Waals surface area contributed by atoms with E-state index in [1.54, 1.807) is 11.6 Å². The first-order valence-electron chi connectivity index (χ1n) is 9.30. The van der Waals surface area contributed by atoms with Crippen LogP contribution >= 0.6 is 23.3 Å². The Hall–Kier alpha value is -2.70. The summed E-state index contributed by atoms with van der Waals surface area (Å²) in [5.74, 6) is -1.13. The average molecular weight is 464 g/mol. The predicted molar refractivity (Wildman–Crippen MR) is 112 cm³/mol. The molecule has 0 amide bonds. The Kier molecular flexibility index (Phi) is 5.86. The van der Waals surface area contributed by atoms with Gasteiger partial charge in [-0.1, -0.05) is 17.8 Å². The molecule has 0 saturated heterocycles. The molecule has 3 aromatic heterocycles. The Balaban J connectivity index is 1.65. The van der Waals surface area contributed by atoms with Crippen molar-refractivity contribution in [3.8, 4) is 5.95 Å². The number of hydrogen-bond acceptors (Lipinski definition) is 8. The number of aryl methyl sites for hydroxylation is 2. The molecule has 4 aromatic rings. The monoisotopic (exact) mass is 463 g/mol. The summed E-state index contributed by atoms with van der Waals surface area (Å²) < 4.78 is 36.1. The number of hydrogen-bond donors (Lipinski definition) is 1. The fourth-order valence-corrected chi connectivity index (χ4v) is 5.20. The maximum atomic E-state index is 14.7. The largest absolute Gasteiger partial charge is 0.382 e. The molecule has 12 heteroatoms. The van der Waals surface area contributed by atoms with Gasteiger partial charge in [0, 0.05) is 22.6 Å². The minimum atomic E-state index is -1.72. The van der Waals surface area contributed by atoms with Crippen LogP contribution in [0, 0.1) is 25.5 Å². The van der Waals surface area contributed by atoms with Gasteiger partial charge in [-0.15, -0.1) is 0 Å². The molecule has 0 radical (unpaired) electrons. The van der Waals surface area contributed by atoms with Crippen molar-refractivity contribution in [2.24, 2.45) is 0 Å². The van der Waals surface area contributed by atoms with E-state index in [9.17, 15) is 13.9 Å². The molecule has 0 spiro atoms. The maximum Gasteiger partial charge on any atom is 0.263 e. The highest BCUT2D eigenvalue weighted by molar-refractivity contribution is 8.01. The van der Waals surface area contributed by atoms with Crippen molar-refractivity contribution < 1.29 is 13.9 Å². The van der Waals surface area contributed by atoms with Gasteiger partial charge >= 0.3 is 0 Å². The standard InChI is InChI=1S/C19H19F2N7OS2/c1-11-6-12(2)28(25-11)17-24-18(31-26-17)30-13(3)19(29,8-27-10-22-9-23-27)15-5-4-14(20)7-16(15)21/h4-7,9-10,13,29H,8H2,1-3H3/t13-,19?/m1/s1. The van der Waals surface area contributed by atoms with Gasteiger partial charge in [0.2, 0.25) is 0 Å². The first kappa shape index (κ1) is 21.5. The highest BCUT2D eigenvalue weighted by atomic mass is 32.2. The number of aliphatic hydroxyl groups is 1. The van der Waals surface area contributed by atoms with Crippen molar-refractivity contribution >= 4 is 23.3 Å². The molecule has 0 aliphatic heterocycles. The molecule has 1 N–H and O–H groups in total. The molecule has 3 heterocycles. The molecule has 0 aliphatic carbocycles. The van der Waals surface area contributed by atoms with Crippen LogP contribution in [0.1, 0.15) is 23.9 Å². The fourth-order valence-electron chi connectivity index (χ4n) is 3.25. The van der Waals surface area contributed by atoms with Gasteiger partial charge in [-0.3, -0.25) is 0 Å². The zero-order chi connectivity index (χ0) is 22.2. The fraction of sp³-hybridized carbons (Fsp3) is 0.316. The highest BCUT2D eigenvalue weighted by Gasteiger charge is 2.40. The van der Waals surface area contributed by atoms with Crippen molar-refractivity contribution in [3.63, 3.8) is 0 Å². The summed E-state index contributed by atoms with van der Waals surface area (Å²) in [6, 6.07) is 5.05. The van der Waals surface area contributed by atoms with Gasteiger partial charge in [-0.2, -0.15) is 19.6 Å². The van der Waals surface area contributed by atoms with Crippen molar-refractivity contribution in [2.75, 3.05) is 0 Å². The van der Waals surface area contributed by atoms with E-state index in [-0.39, 0.29) is 12.1 Å². The molecular formula is C19H19F2N7OS2. The number of thioether (sulfide) groups is 1. The smallest absolute Gasteiger partial charge is 0.263 e. The van der Waals surface area contributed by atoms with E-state index in [2.05, 4.69) is 24.5 Å². The van der Waals surface area contributed by atoms with Crippen LogP contribution in [0.4, 0.5) is 8.78 Å². The SMILES string of the molecule is Cc1cc(C)n(-c2nsc(S[C@H](C)C(O)(Cn3cncn3)c3ccc(F)cc3F)n2)n1. The normalized spacial score (nSPS) is 14.5. The van der Waals surface area contributed by atoms with E-state index < -0.39 is 22.5 Å². The topological polar surface area (TPSA) is 94.5 Å². The Bertz CT molecular complexity index is 1190. The second-order valence-electron chi connectivity index (χ2n) is 7.10. The predicted octanol–water partition coefficient (Wildman–Crippen LogP) is 3.28. The van der Waals surface area contributed by atoms with Crippen LogP contribution in [0.25, 0.3) is 5.95 Å². The number of benzene rings is 1. The van der Waals surface area contributed by atoms with Crippen molar-refractivity contribution in [1.82, 2.24) is 33.9 Å². The quantitative estimate of drug-likeness (QED) is 0.420. The Labute approximate surface area is 185 Å². The number of aromatic nitrogens is 7. The minimum absolute atomic E-state index is 0.0346. The van der Waals surface area contributed by atoms with Gasteiger partial charge in [-0.25, -0.2) is 23.1 Å². The first-order chi connectivity index (χ1) is 14.8. The molecule has 0 fully saturated rings. The lowest BCUT2D eigenvalue weighted by atomic mass is 9.90. The molecule has 0 bridgehead atoms. The lowest BCUT2D eigenvalue weighted by molar-refractivity contribution is 0.0133. The third-order valence-corrected chi connectivity index (χ3v) is 6.86. The number of nitrogens with zero attached hydrogens (tertiary/aromatic N) is 7. The summed E-state index contributed by atoms with van der Waals surface area (Å²) in [7, 11) is 0. The first-order valence-corrected chi connectivity index (χ1v) is 11.0. The lowest BCUT2D eigenvalue weighted by Gasteiger charge is -2.33. The van der Waals surface area contributed by atoms with Crippen LogP contribution in [0.2, 0.25) is 0 Å². The van der Waals surface area contributed by atoms with Crippen LogP contribution in [0.15, 0.2) is 41.3 Å². The number of halogens is 2. The molecule has 1 aromatic carbocycles. The van der Waals surface area contributed by atoms with E-state index in [0.29, 0.717) is 10.3 Å². The molecule has 0 aliphatic rings. The molecule has 1 unspecified atom stereocenters. The Morgan fingerprint density at radius 3 is 2.71 bits per heavy atom. The maximum absolute atomic E-state index is 14.7. The summed E-state index contributed by atoms with van der Waals surface area (Å²) >= 11 is 2.40. The van der Waals surface area contributed by atoms with Gasteiger partial charge in [0.15, 0.2) is 4.34 Å². The van der Waals surface area contributed by atoms with E-state index in [0.717, 1.165) is 35.1 Å². The third-order valence-electron chi connectivity index (χ3n) is 4.81. The zero-order valence-corrected chi connectivity index (χ0v) is 18.5. The molecule has 162 valence electrons. The van der Waals surface area contributed by atoms with E-state index in [1.807, 2.05) is 19.9 Å². The van der Waals surface area contributed by atoms with Crippen LogP contribution in [0.5, 0.6) is 0 Å². The third kappa shape index (κ3) is 4.36. The van der Waals surface area contributed by atoms with Crippen molar-refractivity contribution in [3.05, 3.63) is 65.5 Å². The summed E-state index contributed by atoms with van der Waals surface area (Å²) in [6.45, 7) is 5.46. The van der Waals surface area contributed by atoms with E-state index >= 15 is 0 Å². The van der Waals surface area contributed by atoms with Gasteiger partial charge in [0.1, 0.15) is 29.9 Å². The van der Waals surface area contributed by atoms with E-state index in [1.165, 1.54) is 35.2 Å². The molecule has 31 heavy (non-hydrogen) atoms. The Morgan fingerprint density at radius 1 is 1.26 bits per heavy atom. The molecule has 8 nitrogen and oxygen atoms in total. The summed E-state index contributed by atoms with van der Waals surface area (Å²) in [4.78, 5) is 8.38. The van der Waals surface area contributed by atoms with Crippen LogP contribution < -0.4 is 0 Å². The van der Waals surface area contributed by atoms with Crippen molar-refractivity contribution in [2.45, 2.75) is 42.5 Å². The summed E-state index contributed by atoms with van der Waals surface area (Å²) in [5, 5.41) is 19.4. The van der Waals surface area contributed by atoms with E-state index in [4.69, 9.17) is 0 Å². The lowest BCUT2D eigenvalue weighted by Crippen LogP contribution is -2.41. The minimum Gasteiger partial charge on any atom is -0.382 e. The van der Waals surface area contributed by atoms with Crippen LogP contribution in [-0.4, -0.2) is 44.3 Å². The van der Waals surface area contributed by atoms with Crippen LogP contribution in [-0.2, 0) is 12.1 Å². The molecular weight excluding hydrogens is 444 g/mol. The number of rotatable bonds is 7. The van der Waals surface area contributed by atoms with Crippen molar-refractivity contribution in [1.29, 1.82) is 0 Å². The summed E-state index contributed by atoms with van der Waals surface area (Å²) in [6.07, 6.45) is 2.75. The molecule has 4 rings (SSSR count). The second kappa shape index (κ2) is 8.44. The average Bonchev–Trinajstić information content (AvgIpc) is 3.43. The highest BCUT2D eigenvalue weighted by Crippen LogP contribution is 2.39. The molecule has 0 saturated carbocycles. The van der Waals surface area contributed by atoms with Gasteiger partial charge in [-0.05, 0) is 44.4 Å². The van der Waals surface area contributed by atoms with Gasteiger partial charge < -0.3 is 5.11 Å². The zero-order valence-electron chi connectivity index (χ0n) is 16.9. The van der Waals surface area contributed by atoms with Gasteiger partial charge in [0.25, 0.3) is 5.95 Å². The summed E-state index contributed by atoms with van der Waals surface area (Å²) in [5.41, 5.74) is -0.00674.